The molecule has 2 rings (SSSR count). The van der Waals surface area contributed by atoms with Crippen LogP contribution in [0.25, 0.3) is 11.3 Å². The molecule has 0 fully saturated rings. The number of ether oxygens (including phenoxy) is 1. The van der Waals surface area contributed by atoms with Gasteiger partial charge in [-0.25, -0.2) is 19.2 Å². The molecule has 0 spiro atoms. The number of nitrogens with zero attached hydrogens (tertiary/aromatic N) is 2. The van der Waals surface area contributed by atoms with Crippen molar-refractivity contribution in [1.82, 2.24) is 9.97 Å². The van der Waals surface area contributed by atoms with Crippen molar-refractivity contribution < 1.29 is 13.9 Å². The van der Waals surface area contributed by atoms with Crippen LogP contribution in [0.3, 0.4) is 0 Å². The van der Waals surface area contributed by atoms with E-state index in [1.165, 1.54) is 37.6 Å². The van der Waals surface area contributed by atoms with Crippen molar-refractivity contribution in [3.63, 3.8) is 0 Å². The molecule has 5 nitrogen and oxygen atoms in total. The van der Waals surface area contributed by atoms with E-state index in [4.69, 9.17) is 5.73 Å². The normalized spacial score (nSPS) is 10.1. The molecule has 0 atom stereocenters. The molecule has 0 aliphatic rings. The summed E-state index contributed by atoms with van der Waals surface area (Å²) in [4.78, 5) is 19.3. The van der Waals surface area contributed by atoms with Gasteiger partial charge in [-0.05, 0) is 24.3 Å². The predicted octanol–water partition coefficient (Wildman–Crippen LogP) is 1.65. The minimum atomic E-state index is -0.663. The Kier molecular flexibility index (Phi) is 3.18. The molecule has 1 aromatic carbocycles. The number of anilines is 1. The fourth-order valence-electron chi connectivity index (χ4n) is 1.41. The molecule has 0 unspecified atom stereocenters. The van der Waals surface area contributed by atoms with Gasteiger partial charge in [0.2, 0.25) is 0 Å². The summed E-state index contributed by atoms with van der Waals surface area (Å²) in [6.07, 6.45) is 1.41. The van der Waals surface area contributed by atoms with Crippen molar-refractivity contribution in [1.29, 1.82) is 0 Å². The van der Waals surface area contributed by atoms with Gasteiger partial charge in [-0.1, -0.05) is 0 Å². The van der Waals surface area contributed by atoms with Gasteiger partial charge >= 0.3 is 5.97 Å². The van der Waals surface area contributed by atoms with E-state index in [0.717, 1.165) is 0 Å². The van der Waals surface area contributed by atoms with Crippen LogP contribution < -0.4 is 5.73 Å². The van der Waals surface area contributed by atoms with E-state index in [0.29, 0.717) is 11.3 Å². The van der Waals surface area contributed by atoms with Gasteiger partial charge in [-0.15, -0.1) is 0 Å². The van der Waals surface area contributed by atoms with E-state index >= 15 is 0 Å². The molecule has 0 radical (unpaired) electrons. The number of nitrogen functional groups attached to an aromatic ring is 1. The van der Waals surface area contributed by atoms with Crippen LogP contribution in [0.5, 0.6) is 0 Å². The third-order valence-corrected chi connectivity index (χ3v) is 2.32. The third kappa shape index (κ3) is 2.27. The van der Waals surface area contributed by atoms with Crippen LogP contribution in [0.4, 0.5) is 10.2 Å². The Morgan fingerprint density at radius 3 is 2.61 bits per heavy atom. The minimum Gasteiger partial charge on any atom is -0.464 e. The Labute approximate surface area is 102 Å². The number of methoxy groups -OCH3 is 1. The largest absolute Gasteiger partial charge is 0.464 e. The van der Waals surface area contributed by atoms with E-state index in [2.05, 4.69) is 14.7 Å². The standard InChI is InChI=1S/C12H10FN3O2/c1-18-12(17)10-11(14)15-6-9(16-10)7-2-4-8(13)5-3-7/h2-6H,1H3,(H2,14,15). The van der Waals surface area contributed by atoms with Gasteiger partial charge in [0.1, 0.15) is 5.82 Å². The maximum atomic E-state index is 12.8. The van der Waals surface area contributed by atoms with Gasteiger partial charge < -0.3 is 10.5 Å². The summed E-state index contributed by atoms with van der Waals surface area (Å²) in [5, 5.41) is 0. The zero-order valence-electron chi connectivity index (χ0n) is 9.55. The smallest absolute Gasteiger partial charge is 0.360 e. The molecule has 0 aliphatic carbocycles. The number of nitrogens with two attached hydrogens (primary N) is 1. The van der Waals surface area contributed by atoms with Crippen LogP contribution in [-0.2, 0) is 4.74 Å². The molecule has 1 aromatic heterocycles. The lowest BCUT2D eigenvalue weighted by Crippen LogP contribution is -2.10. The highest BCUT2D eigenvalue weighted by Gasteiger charge is 2.14. The topological polar surface area (TPSA) is 78.1 Å². The Morgan fingerprint density at radius 1 is 1.33 bits per heavy atom. The van der Waals surface area contributed by atoms with Crippen molar-refractivity contribution in [3.05, 3.63) is 42.0 Å². The number of benzene rings is 1. The fraction of sp³-hybridized carbons (Fsp3) is 0.0833. The van der Waals surface area contributed by atoms with Gasteiger partial charge in [0, 0.05) is 5.56 Å². The van der Waals surface area contributed by atoms with Crippen LogP contribution in [0, 0.1) is 5.82 Å². The summed E-state index contributed by atoms with van der Waals surface area (Å²) in [5.41, 5.74) is 6.53. The molecule has 0 aliphatic heterocycles. The molecule has 0 saturated heterocycles. The Hall–Kier alpha value is -2.50. The number of esters is 1. The average Bonchev–Trinajstić information content (AvgIpc) is 2.39. The zero-order chi connectivity index (χ0) is 13.1. The second-order valence-corrected chi connectivity index (χ2v) is 3.49. The number of carbonyl (C=O) groups is 1. The van der Waals surface area contributed by atoms with Gasteiger partial charge in [-0.2, -0.15) is 0 Å². The first-order chi connectivity index (χ1) is 8.61. The quantitative estimate of drug-likeness (QED) is 0.816. The lowest BCUT2D eigenvalue weighted by Gasteiger charge is -2.05. The third-order valence-electron chi connectivity index (χ3n) is 2.32. The molecular formula is C12H10FN3O2. The van der Waals surface area contributed by atoms with E-state index in [1.807, 2.05) is 0 Å². The summed E-state index contributed by atoms with van der Waals surface area (Å²) in [5.74, 6) is -1.02. The van der Waals surface area contributed by atoms with Crippen molar-refractivity contribution in [2.75, 3.05) is 12.8 Å². The lowest BCUT2D eigenvalue weighted by atomic mass is 10.1. The maximum Gasteiger partial charge on any atom is 0.360 e. The first-order valence-corrected chi connectivity index (χ1v) is 5.08. The van der Waals surface area contributed by atoms with Crippen LogP contribution in [0.2, 0.25) is 0 Å². The molecule has 2 N–H and O–H groups in total. The first-order valence-electron chi connectivity index (χ1n) is 5.08. The number of halogens is 1. The van der Waals surface area contributed by atoms with Crippen LogP contribution in [0.15, 0.2) is 30.5 Å². The SMILES string of the molecule is COC(=O)c1nc(-c2ccc(F)cc2)cnc1N. The molecule has 6 heteroatoms. The molecule has 0 bridgehead atoms. The highest BCUT2D eigenvalue weighted by Crippen LogP contribution is 2.19. The van der Waals surface area contributed by atoms with Crippen molar-refractivity contribution in [2.24, 2.45) is 0 Å². The summed E-state index contributed by atoms with van der Waals surface area (Å²) >= 11 is 0. The van der Waals surface area contributed by atoms with Crippen molar-refractivity contribution in [3.8, 4) is 11.3 Å². The van der Waals surface area contributed by atoms with E-state index in [-0.39, 0.29) is 17.3 Å². The Bertz CT molecular complexity index is 584. The minimum absolute atomic E-state index is 0.00675. The summed E-state index contributed by atoms with van der Waals surface area (Å²) in [6.45, 7) is 0. The van der Waals surface area contributed by atoms with Gasteiger partial charge in [0.15, 0.2) is 11.5 Å². The number of carbonyl (C=O) groups excluding carboxylic acids is 1. The number of aromatic nitrogens is 2. The Morgan fingerprint density at radius 2 is 2.00 bits per heavy atom. The van der Waals surface area contributed by atoms with E-state index in [1.54, 1.807) is 0 Å². The second-order valence-electron chi connectivity index (χ2n) is 3.49. The average molecular weight is 247 g/mol. The molecule has 1 heterocycles. The zero-order valence-corrected chi connectivity index (χ0v) is 9.55. The summed E-state index contributed by atoms with van der Waals surface area (Å²) in [6, 6.07) is 5.67. The van der Waals surface area contributed by atoms with Gasteiger partial charge in [0.05, 0.1) is 19.0 Å². The van der Waals surface area contributed by atoms with Crippen LogP contribution in [-0.4, -0.2) is 23.0 Å². The van der Waals surface area contributed by atoms with Crippen LogP contribution >= 0.6 is 0 Å². The van der Waals surface area contributed by atoms with E-state index < -0.39 is 5.97 Å². The molecule has 0 saturated carbocycles. The highest BCUT2D eigenvalue weighted by molar-refractivity contribution is 5.92. The Balaban J connectivity index is 2.46. The number of rotatable bonds is 2. The summed E-state index contributed by atoms with van der Waals surface area (Å²) < 4.78 is 17.3. The monoisotopic (exact) mass is 247 g/mol. The molecule has 2 aromatic rings. The van der Waals surface area contributed by atoms with Gasteiger partial charge in [0.25, 0.3) is 0 Å². The molecule has 92 valence electrons. The van der Waals surface area contributed by atoms with Gasteiger partial charge in [-0.3, -0.25) is 0 Å². The molecule has 0 amide bonds. The lowest BCUT2D eigenvalue weighted by molar-refractivity contribution is 0.0595. The number of hydrogen-bond acceptors (Lipinski definition) is 5. The fourth-order valence-corrected chi connectivity index (χ4v) is 1.41. The second kappa shape index (κ2) is 4.79. The summed E-state index contributed by atoms with van der Waals surface area (Å²) in [7, 11) is 1.23. The first kappa shape index (κ1) is 12.0. The highest BCUT2D eigenvalue weighted by atomic mass is 19.1. The predicted molar refractivity (Wildman–Crippen MR) is 63.2 cm³/mol. The van der Waals surface area contributed by atoms with Crippen molar-refractivity contribution >= 4 is 11.8 Å². The van der Waals surface area contributed by atoms with E-state index in [9.17, 15) is 9.18 Å². The number of hydrogen-bond donors (Lipinski definition) is 1. The van der Waals surface area contributed by atoms with Crippen molar-refractivity contribution in [2.45, 2.75) is 0 Å². The maximum absolute atomic E-state index is 12.8. The molecular weight excluding hydrogens is 237 g/mol. The van der Waals surface area contributed by atoms with Crippen LogP contribution in [0.1, 0.15) is 10.5 Å². The molecule has 18 heavy (non-hydrogen) atoms.